The first-order chi connectivity index (χ1) is 6.20. The molecule has 0 aromatic heterocycles. The van der Waals surface area contributed by atoms with Crippen LogP contribution in [0.4, 0.5) is 10.1 Å². The minimum atomic E-state index is -0.367. The first-order valence-corrected chi connectivity index (χ1v) is 4.49. The molecule has 1 fully saturated rings. The molecule has 0 saturated heterocycles. The van der Waals surface area contributed by atoms with E-state index < -0.39 is 0 Å². The Hall–Kier alpha value is -1.09. The number of hydrogen-bond acceptors (Lipinski definition) is 2. The molecule has 1 unspecified atom stereocenters. The van der Waals surface area contributed by atoms with Crippen LogP contribution in [-0.2, 0) is 0 Å². The molecule has 3 heteroatoms. The van der Waals surface area contributed by atoms with Crippen molar-refractivity contribution in [1.82, 2.24) is 0 Å². The van der Waals surface area contributed by atoms with Crippen molar-refractivity contribution in [3.63, 3.8) is 0 Å². The van der Waals surface area contributed by atoms with Crippen molar-refractivity contribution in [2.75, 3.05) is 5.73 Å². The first kappa shape index (κ1) is 8.51. The summed E-state index contributed by atoms with van der Waals surface area (Å²) in [6.07, 6.45) is 2.27. The van der Waals surface area contributed by atoms with E-state index >= 15 is 0 Å². The van der Waals surface area contributed by atoms with Crippen LogP contribution < -0.4 is 11.5 Å². The fourth-order valence-electron chi connectivity index (χ4n) is 1.55. The van der Waals surface area contributed by atoms with E-state index in [0.717, 1.165) is 18.4 Å². The second-order valence-corrected chi connectivity index (χ2v) is 3.61. The van der Waals surface area contributed by atoms with Crippen LogP contribution in [-0.4, -0.2) is 0 Å². The molecular formula is C10H13FN2. The topological polar surface area (TPSA) is 52.0 Å². The van der Waals surface area contributed by atoms with Gasteiger partial charge in [0, 0.05) is 6.04 Å². The predicted molar refractivity (Wildman–Crippen MR) is 50.5 cm³/mol. The van der Waals surface area contributed by atoms with Crippen LogP contribution in [0, 0.1) is 11.7 Å². The van der Waals surface area contributed by atoms with Crippen molar-refractivity contribution >= 4 is 5.69 Å². The van der Waals surface area contributed by atoms with Gasteiger partial charge in [-0.1, -0.05) is 12.1 Å². The largest absolute Gasteiger partial charge is 0.396 e. The third-order valence-electron chi connectivity index (χ3n) is 2.58. The van der Waals surface area contributed by atoms with Gasteiger partial charge in [0.1, 0.15) is 5.82 Å². The Bertz CT molecular complexity index is 321. The third-order valence-corrected chi connectivity index (χ3v) is 2.58. The van der Waals surface area contributed by atoms with Gasteiger partial charge in [0.2, 0.25) is 0 Å². The van der Waals surface area contributed by atoms with E-state index in [1.54, 1.807) is 12.1 Å². The van der Waals surface area contributed by atoms with Crippen molar-refractivity contribution < 1.29 is 4.39 Å². The second-order valence-electron chi connectivity index (χ2n) is 3.61. The van der Waals surface area contributed by atoms with Gasteiger partial charge in [-0.15, -0.1) is 0 Å². The zero-order chi connectivity index (χ0) is 9.42. The molecule has 1 aromatic rings. The van der Waals surface area contributed by atoms with Crippen LogP contribution in [0.3, 0.4) is 0 Å². The monoisotopic (exact) mass is 180 g/mol. The summed E-state index contributed by atoms with van der Waals surface area (Å²) in [4.78, 5) is 0. The number of hydrogen-bond donors (Lipinski definition) is 2. The van der Waals surface area contributed by atoms with Crippen LogP contribution in [0.25, 0.3) is 0 Å². The fraction of sp³-hybridized carbons (Fsp3) is 0.400. The smallest absolute Gasteiger partial charge is 0.146 e. The van der Waals surface area contributed by atoms with Gasteiger partial charge in [0.05, 0.1) is 5.69 Å². The van der Waals surface area contributed by atoms with Gasteiger partial charge < -0.3 is 11.5 Å². The summed E-state index contributed by atoms with van der Waals surface area (Å²) >= 11 is 0. The molecule has 1 aromatic carbocycles. The average molecular weight is 180 g/mol. The second kappa shape index (κ2) is 3.00. The Morgan fingerprint density at radius 3 is 2.69 bits per heavy atom. The lowest BCUT2D eigenvalue weighted by molar-refractivity contribution is 0.607. The van der Waals surface area contributed by atoms with E-state index in [1.165, 1.54) is 6.07 Å². The lowest BCUT2D eigenvalue weighted by Crippen LogP contribution is -2.15. The number of para-hydroxylation sites is 1. The average Bonchev–Trinajstić information content (AvgIpc) is 2.91. The van der Waals surface area contributed by atoms with E-state index in [9.17, 15) is 4.39 Å². The fourth-order valence-corrected chi connectivity index (χ4v) is 1.55. The highest BCUT2D eigenvalue weighted by molar-refractivity contribution is 5.49. The highest BCUT2D eigenvalue weighted by Gasteiger charge is 2.30. The maximum atomic E-state index is 13.0. The SMILES string of the molecule is Nc1c(F)cccc1C(N)C1CC1. The molecule has 0 amide bonds. The summed E-state index contributed by atoms with van der Waals surface area (Å²) in [5, 5.41) is 0. The van der Waals surface area contributed by atoms with Gasteiger partial charge in [0.25, 0.3) is 0 Å². The first-order valence-electron chi connectivity index (χ1n) is 4.49. The summed E-state index contributed by atoms with van der Waals surface area (Å²) in [7, 11) is 0. The molecule has 0 aliphatic heterocycles. The Balaban J connectivity index is 2.32. The summed E-state index contributed by atoms with van der Waals surface area (Å²) < 4.78 is 13.0. The molecule has 0 radical (unpaired) electrons. The van der Waals surface area contributed by atoms with Gasteiger partial charge in [-0.05, 0) is 30.4 Å². The van der Waals surface area contributed by atoms with Crippen molar-refractivity contribution in [1.29, 1.82) is 0 Å². The Morgan fingerprint density at radius 1 is 1.38 bits per heavy atom. The third kappa shape index (κ3) is 1.52. The maximum Gasteiger partial charge on any atom is 0.146 e. The molecule has 70 valence electrons. The van der Waals surface area contributed by atoms with Crippen LogP contribution in [0.1, 0.15) is 24.4 Å². The molecule has 1 aliphatic carbocycles. The number of nitrogens with two attached hydrogens (primary N) is 2. The maximum absolute atomic E-state index is 13.0. The zero-order valence-corrected chi connectivity index (χ0v) is 7.33. The highest BCUT2D eigenvalue weighted by atomic mass is 19.1. The summed E-state index contributed by atoms with van der Waals surface area (Å²) in [5.74, 6) is 0.137. The molecule has 1 atom stereocenters. The molecule has 2 rings (SSSR count). The molecule has 0 spiro atoms. The van der Waals surface area contributed by atoms with Crippen molar-refractivity contribution in [2.45, 2.75) is 18.9 Å². The van der Waals surface area contributed by atoms with E-state index in [4.69, 9.17) is 11.5 Å². The molecule has 0 bridgehead atoms. The van der Waals surface area contributed by atoms with Gasteiger partial charge in [-0.25, -0.2) is 4.39 Å². The molecule has 1 saturated carbocycles. The molecule has 2 nitrogen and oxygen atoms in total. The Kier molecular flexibility index (Phi) is 1.96. The number of rotatable bonds is 2. The number of nitrogen functional groups attached to an aromatic ring is 1. The van der Waals surface area contributed by atoms with Gasteiger partial charge >= 0.3 is 0 Å². The van der Waals surface area contributed by atoms with E-state index in [-0.39, 0.29) is 17.5 Å². The van der Waals surface area contributed by atoms with Crippen molar-refractivity contribution in [3.05, 3.63) is 29.6 Å². The van der Waals surface area contributed by atoms with Crippen LogP contribution >= 0.6 is 0 Å². The van der Waals surface area contributed by atoms with Crippen LogP contribution in [0.2, 0.25) is 0 Å². The molecule has 0 heterocycles. The standard InChI is InChI=1S/C10H13FN2/c11-8-3-1-2-7(10(8)13)9(12)6-4-5-6/h1-3,6,9H,4-5,12-13H2. The predicted octanol–water partition coefficient (Wildman–Crippen LogP) is 1.82. The molecule has 1 aliphatic rings. The van der Waals surface area contributed by atoms with E-state index in [1.807, 2.05) is 0 Å². The Labute approximate surface area is 76.7 Å². The summed E-state index contributed by atoms with van der Waals surface area (Å²) in [5.41, 5.74) is 12.5. The minimum absolute atomic E-state index is 0.0873. The van der Waals surface area contributed by atoms with Gasteiger partial charge in [0.15, 0.2) is 0 Å². The number of benzene rings is 1. The van der Waals surface area contributed by atoms with Crippen molar-refractivity contribution in [3.8, 4) is 0 Å². The van der Waals surface area contributed by atoms with Crippen molar-refractivity contribution in [2.24, 2.45) is 11.7 Å². The van der Waals surface area contributed by atoms with E-state index in [2.05, 4.69) is 0 Å². The zero-order valence-electron chi connectivity index (χ0n) is 7.33. The summed E-state index contributed by atoms with van der Waals surface area (Å²) in [6.45, 7) is 0. The lowest BCUT2D eigenvalue weighted by Gasteiger charge is -2.13. The van der Waals surface area contributed by atoms with Gasteiger partial charge in [-0.2, -0.15) is 0 Å². The molecule has 13 heavy (non-hydrogen) atoms. The minimum Gasteiger partial charge on any atom is -0.396 e. The van der Waals surface area contributed by atoms with Crippen LogP contribution in [0.15, 0.2) is 18.2 Å². The summed E-state index contributed by atoms with van der Waals surface area (Å²) in [6, 6.07) is 4.74. The van der Waals surface area contributed by atoms with Crippen LogP contribution in [0.5, 0.6) is 0 Å². The number of anilines is 1. The normalized spacial score (nSPS) is 18.6. The lowest BCUT2D eigenvalue weighted by atomic mass is 10.0. The number of halogens is 1. The molecule has 4 N–H and O–H groups in total. The van der Waals surface area contributed by atoms with Gasteiger partial charge in [-0.3, -0.25) is 0 Å². The highest BCUT2D eigenvalue weighted by Crippen LogP contribution is 2.41. The molecular weight excluding hydrogens is 167 g/mol. The quantitative estimate of drug-likeness (QED) is 0.682. The van der Waals surface area contributed by atoms with E-state index in [0.29, 0.717) is 5.92 Å². The Morgan fingerprint density at radius 2 is 2.08 bits per heavy atom.